The molecule has 21 heavy (non-hydrogen) atoms. The van der Waals surface area contributed by atoms with Crippen molar-refractivity contribution in [3.05, 3.63) is 57.5 Å². The van der Waals surface area contributed by atoms with Gasteiger partial charge in [-0.25, -0.2) is 14.2 Å². The number of aryl methyl sites for hydroxylation is 1. The van der Waals surface area contributed by atoms with E-state index in [1.165, 1.54) is 19.2 Å². The number of rotatable bonds is 4. The average molecular weight is 292 g/mol. The first kappa shape index (κ1) is 14.4. The largest absolute Gasteiger partial charge is 0.478 e. The number of carboxylic acid groups (broad SMARTS) is 1. The number of benzene rings is 1. The van der Waals surface area contributed by atoms with Gasteiger partial charge in [0.15, 0.2) is 0 Å². The Labute approximate surface area is 117 Å². The summed E-state index contributed by atoms with van der Waals surface area (Å²) in [6.07, 6.45) is 1.29. The van der Waals surface area contributed by atoms with Crippen LogP contribution < -0.4 is 4.74 Å². The van der Waals surface area contributed by atoms with Gasteiger partial charge in [-0.1, -0.05) is 0 Å². The number of ether oxygens (including phenoxy) is 1. The molecule has 0 saturated carbocycles. The van der Waals surface area contributed by atoms with Gasteiger partial charge < -0.3 is 9.84 Å². The summed E-state index contributed by atoms with van der Waals surface area (Å²) in [5.41, 5.74) is -0.519. The zero-order valence-corrected chi connectivity index (χ0v) is 10.7. The number of hydrogen-bond acceptors (Lipinski definition) is 5. The molecule has 108 valence electrons. The highest BCUT2D eigenvalue weighted by Gasteiger charge is 2.23. The maximum atomic E-state index is 13.1. The molecule has 0 radical (unpaired) electrons. The molecule has 8 heteroatoms. The first-order valence-corrected chi connectivity index (χ1v) is 5.71. The van der Waals surface area contributed by atoms with E-state index in [1.54, 1.807) is 0 Å². The number of aromatic carboxylic acids is 1. The summed E-state index contributed by atoms with van der Waals surface area (Å²) in [6.45, 7) is 1.50. The first-order chi connectivity index (χ1) is 9.90. The molecule has 0 atom stereocenters. The van der Waals surface area contributed by atoms with Crippen LogP contribution in [0.25, 0.3) is 0 Å². The number of nitrogens with zero attached hydrogens (tertiary/aromatic N) is 2. The first-order valence-electron chi connectivity index (χ1n) is 5.71. The third kappa shape index (κ3) is 2.94. The molecular formula is C13H9FN2O5. The molecule has 1 aromatic carbocycles. The van der Waals surface area contributed by atoms with Crippen molar-refractivity contribution < 1.29 is 24.0 Å². The Morgan fingerprint density at radius 2 is 2.14 bits per heavy atom. The lowest BCUT2D eigenvalue weighted by Crippen LogP contribution is -2.03. The third-order valence-corrected chi connectivity index (χ3v) is 2.65. The van der Waals surface area contributed by atoms with Gasteiger partial charge >= 0.3 is 11.7 Å². The highest BCUT2D eigenvalue weighted by atomic mass is 19.1. The van der Waals surface area contributed by atoms with Gasteiger partial charge in [0, 0.05) is 11.8 Å². The molecule has 0 saturated heterocycles. The van der Waals surface area contributed by atoms with E-state index in [0.29, 0.717) is 5.56 Å². The summed E-state index contributed by atoms with van der Waals surface area (Å²) in [7, 11) is 0. The Morgan fingerprint density at radius 3 is 2.76 bits per heavy atom. The van der Waals surface area contributed by atoms with Crippen LogP contribution >= 0.6 is 0 Å². The van der Waals surface area contributed by atoms with E-state index in [-0.39, 0.29) is 17.3 Å². The summed E-state index contributed by atoms with van der Waals surface area (Å²) < 4.78 is 18.3. The Balaban J connectivity index is 2.51. The van der Waals surface area contributed by atoms with E-state index in [9.17, 15) is 19.3 Å². The molecule has 0 aliphatic rings. The van der Waals surface area contributed by atoms with Gasteiger partial charge in [0.1, 0.15) is 17.1 Å². The van der Waals surface area contributed by atoms with Gasteiger partial charge in [-0.3, -0.25) is 10.1 Å². The minimum atomic E-state index is -1.42. The second-order valence-corrected chi connectivity index (χ2v) is 4.09. The zero-order chi connectivity index (χ0) is 15.6. The van der Waals surface area contributed by atoms with Crippen LogP contribution in [0.5, 0.6) is 11.6 Å². The monoisotopic (exact) mass is 292 g/mol. The molecule has 2 rings (SSSR count). The van der Waals surface area contributed by atoms with Crippen LogP contribution in [-0.4, -0.2) is 21.0 Å². The molecular weight excluding hydrogens is 283 g/mol. The van der Waals surface area contributed by atoms with Crippen molar-refractivity contribution in [3.63, 3.8) is 0 Å². The number of carbonyl (C=O) groups is 1. The molecule has 2 aromatic rings. The fourth-order valence-corrected chi connectivity index (χ4v) is 1.68. The van der Waals surface area contributed by atoms with Gasteiger partial charge in [0.05, 0.1) is 4.92 Å². The minimum Gasteiger partial charge on any atom is -0.478 e. The van der Waals surface area contributed by atoms with Crippen molar-refractivity contribution in [2.75, 3.05) is 0 Å². The van der Waals surface area contributed by atoms with Gasteiger partial charge in [-0.05, 0) is 31.2 Å². The van der Waals surface area contributed by atoms with Crippen molar-refractivity contribution in [1.29, 1.82) is 0 Å². The second-order valence-electron chi connectivity index (χ2n) is 4.09. The van der Waals surface area contributed by atoms with E-state index in [1.807, 2.05) is 0 Å². The van der Waals surface area contributed by atoms with Crippen LogP contribution in [0.3, 0.4) is 0 Å². The lowest BCUT2D eigenvalue weighted by molar-refractivity contribution is -0.386. The van der Waals surface area contributed by atoms with Crippen LogP contribution in [0.1, 0.15) is 15.9 Å². The SMILES string of the molecule is Cc1ccnc(Oc2ccc(F)cc2C(=O)O)c1[N+](=O)[O-]. The van der Waals surface area contributed by atoms with Crippen molar-refractivity contribution >= 4 is 11.7 Å². The fraction of sp³-hybridized carbons (Fsp3) is 0.0769. The normalized spacial score (nSPS) is 10.2. The van der Waals surface area contributed by atoms with Crippen molar-refractivity contribution in [2.24, 2.45) is 0 Å². The number of carboxylic acids is 1. The number of nitro groups is 1. The molecule has 0 amide bonds. The van der Waals surface area contributed by atoms with E-state index in [2.05, 4.69) is 4.98 Å². The van der Waals surface area contributed by atoms with Gasteiger partial charge in [0.2, 0.25) is 0 Å². The molecule has 0 unspecified atom stereocenters. The predicted octanol–water partition coefficient (Wildman–Crippen LogP) is 2.93. The summed E-state index contributed by atoms with van der Waals surface area (Å²) in [5.74, 6) is -2.76. The van der Waals surface area contributed by atoms with Crippen LogP contribution in [-0.2, 0) is 0 Å². The average Bonchev–Trinajstić information content (AvgIpc) is 2.40. The summed E-state index contributed by atoms with van der Waals surface area (Å²) >= 11 is 0. The predicted molar refractivity (Wildman–Crippen MR) is 69.1 cm³/mol. The third-order valence-electron chi connectivity index (χ3n) is 2.65. The Hall–Kier alpha value is -3.03. The highest BCUT2D eigenvalue weighted by Crippen LogP contribution is 2.33. The Kier molecular flexibility index (Phi) is 3.79. The van der Waals surface area contributed by atoms with Crippen molar-refractivity contribution in [3.8, 4) is 11.6 Å². The molecule has 0 fully saturated rings. The van der Waals surface area contributed by atoms with Gasteiger partial charge in [0.25, 0.3) is 5.88 Å². The van der Waals surface area contributed by atoms with Crippen LogP contribution in [0.4, 0.5) is 10.1 Å². The van der Waals surface area contributed by atoms with Gasteiger partial charge in [-0.15, -0.1) is 0 Å². The Morgan fingerprint density at radius 1 is 1.43 bits per heavy atom. The zero-order valence-electron chi connectivity index (χ0n) is 10.7. The number of aromatic nitrogens is 1. The van der Waals surface area contributed by atoms with Crippen molar-refractivity contribution in [2.45, 2.75) is 6.92 Å². The van der Waals surface area contributed by atoms with Crippen LogP contribution in [0, 0.1) is 22.9 Å². The summed E-state index contributed by atoms with van der Waals surface area (Å²) in [4.78, 5) is 25.1. The molecule has 1 aromatic heterocycles. The van der Waals surface area contributed by atoms with Crippen LogP contribution in [0.2, 0.25) is 0 Å². The summed E-state index contributed by atoms with van der Waals surface area (Å²) in [5, 5.41) is 20.0. The lowest BCUT2D eigenvalue weighted by atomic mass is 10.2. The van der Waals surface area contributed by atoms with E-state index in [4.69, 9.17) is 9.84 Å². The standard InChI is InChI=1S/C13H9FN2O5/c1-7-4-5-15-12(11(7)16(19)20)21-10-3-2-8(14)6-9(10)13(17)18/h2-6H,1H3,(H,17,18). The second kappa shape index (κ2) is 5.53. The topological polar surface area (TPSA) is 103 Å². The smallest absolute Gasteiger partial charge is 0.339 e. The molecule has 0 aliphatic heterocycles. The molecule has 7 nitrogen and oxygen atoms in total. The number of halogens is 1. The molecule has 1 N–H and O–H groups in total. The summed E-state index contributed by atoms with van der Waals surface area (Å²) in [6, 6.07) is 4.25. The van der Waals surface area contributed by atoms with E-state index in [0.717, 1.165) is 18.2 Å². The van der Waals surface area contributed by atoms with Gasteiger partial charge in [-0.2, -0.15) is 0 Å². The fourth-order valence-electron chi connectivity index (χ4n) is 1.68. The van der Waals surface area contributed by atoms with E-state index < -0.39 is 22.3 Å². The maximum absolute atomic E-state index is 13.1. The van der Waals surface area contributed by atoms with E-state index >= 15 is 0 Å². The maximum Gasteiger partial charge on any atom is 0.339 e. The molecule has 0 aliphatic carbocycles. The van der Waals surface area contributed by atoms with Crippen molar-refractivity contribution in [1.82, 2.24) is 4.98 Å². The number of pyridine rings is 1. The molecule has 0 bridgehead atoms. The molecule has 1 heterocycles. The van der Waals surface area contributed by atoms with Crippen LogP contribution in [0.15, 0.2) is 30.5 Å². The lowest BCUT2D eigenvalue weighted by Gasteiger charge is -2.09. The molecule has 0 spiro atoms. The Bertz CT molecular complexity index is 732. The number of hydrogen-bond donors (Lipinski definition) is 1. The quantitative estimate of drug-likeness (QED) is 0.686. The minimum absolute atomic E-state index is 0.231. The highest BCUT2D eigenvalue weighted by molar-refractivity contribution is 5.91.